The number of rotatable bonds is 54. The second kappa shape index (κ2) is 57.4. The third-order valence-corrected chi connectivity index (χ3v) is 13.5. The quantitative estimate of drug-likeness (QED) is 0.0420. The molecule has 0 heterocycles. The smallest absolute Gasteiger partial charge is 0.220 e. The summed E-state index contributed by atoms with van der Waals surface area (Å²) in [5.74, 6) is -0.0785. The van der Waals surface area contributed by atoms with Crippen LogP contribution in [0.15, 0.2) is 60.8 Å². The Kier molecular flexibility index (Phi) is 55.7. The number of unbranched alkanes of at least 4 members (excludes halogenated alkanes) is 39. The first-order valence-corrected chi connectivity index (χ1v) is 29.5. The van der Waals surface area contributed by atoms with Gasteiger partial charge in [0.25, 0.3) is 0 Å². The number of allylic oxidation sites excluding steroid dienone is 9. The Morgan fingerprint density at radius 1 is 0.364 bits per heavy atom. The van der Waals surface area contributed by atoms with Crippen LogP contribution in [0.5, 0.6) is 0 Å². The van der Waals surface area contributed by atoms with Crippen LogP contribution < -0.4 is 5.32 Å². The highest BCUT2D eigenvalue weighted by Gasteiger charge is 2.18. The lowest BCUT2D eigenvalue weighted by molar-refractivity contribution is -0.123. The summed E-state index contributed by atoms with van der Waals surface area (Å²) < 4.78 is 0. The van der Waals surface area contributed by atoms with Gasteiger partial charge in [-0.3, -0.25) is 4.79 Å². The molecule has 2 atom stereocenters. The van der Waals surface area contributed by atoms with E-state index in [0.29, 0.717) is 6.42 Å². The van der Waals surface area contributed by atoms with E-state index in [1.165, 1.54) is 244 Å². The molecule has 0 radical (unpaired) electrons. The SMILES string of the molecule is CCCCCCC/C=C\C/C=C\CCCCCCCCCCCCCC(=O)NC(CO)C(O)/C=C/CC/C=C/CC/C=C/CCCCCCCCCCCCCCCCCCCCCCC. The molecule has 0 aromatic rings. The van der Waals surface area contributed by atoms with Gasteiger partial charge in [-0.25, -0.2) is 0 Å². The fourth-order valence-electron chi connectivity index (χ4n) is 8.95. The number of nitrogens with one attached hydrogen (secondary N) is 1. The van der Waals surface area contributed by atoms with Gasteiger partial charge < -0.3 is 15.5 Å². The van der Waals surface area contributed by atoms with E-state index in [9.17, 15) is 15.0 Å². The normalized spacial score (nSPS) is 13.2. The number of carbonyl (C=O) groups excluding carboxylic acids is 1. The molecule has 0 bridgehead atoms. The number of hydrogen-bond donors (Lipinski definition) is 3. The second-order valence-corrected chi connectivity index (χ2v) is 20.0. The molecular weight excluding hydrogens is 807 g/mol. The minimum Gasteiger partial charge on any atom is -0.394 e. The summed E-state index contributed by atoms with van der Waals surface area (Å²) in [6, 6.07) is -0.650. The molecule has 0 saturated heterocycles. The van der Waals surface area contributed by atoms with Gasteiger partial charge in [0.1, 0.15) is 0 Å². The maximum Gasteiger partial charge on any atom is 0.220 e. The topological polar surface area (TPSA) is 69.6 Å². The molecule has 3 N–H and O–H groups in total. The molecular formula is C62H115NO3. The van der Waals surface area contributed by atoms with Gasteiger partial charge >= 0.3 is 0 Å². The molecule has 4 heteroatoms. The minimum atomic E-state index is -0.874. The Balaban J connectivity index is 3.55. The van der Waals surface area contributed by atoms with E-state index in [0.717, 1.165) is 44.9 Å². The summed E-state index contributed by atoms with van der Waals surface area (Å²) in [5, 5.41) is 23.2. The molecule has 0 spiro atoms. The van der Waals surface area contributed by atoms with Crippen molar-refractivity contribution in [2.75, 3.05) is 6.61 Å². The van der Waals surface area contributed by atoms with Crippen LogP contribution in [-0.2, 0) is 4.79 Å². The average Bonchev–Trinajstić information content (AvgIpc) is 3.32. The molecule has 0 rings (SSSR count). The van der Waals surface area contributed by atoms with Crippen LogP contribution in [0, 0.1) is 0 Å². The molecule has 0 aromatic heterocycles. The fraction of sp³-hybridized carbons (Fsp3) is 0.823. The van der Waals surface area contributed by atoms with Crippen LogP contribution in [0.2, 0.25) is 0 Å². The molecule has 0 aliphatic rings. The van der Waals surface area contributed by atoms with E-state index in [1.807, 2.05) is 6.08 Å². The van der Waals surface area contributed by atoms with Crippen LogP contribution in [-0.4, -0.2) is 34.9 Å². The van der Waals surface area contributed by atoms with Crippen molar-refractivity contribution in [2.24, 2.45) is 0 Å². The largest absolute Gasteiger partial charge is 0.394 e. The van der Waals surface area contributed by atoms with Crippen molar-refractivity contribution in [1.29, 1.82) is 0 Å². The van der Waals surface area contributed by atoms with Crippen LogP contribution in [0.4, 0.5) is 0 Å². The molecule has 0 fully saturated rings. The Bertz CT molecular complexity index is 1090. The molecule has 66 heavy (non-hydrogen) atoms. The molecule has 0 aromatic carbocycles. The van der Waals surface area contributed by atoms with Gasteiger partial charge in [-0.2, -0.15) is 0 Å². The molecule has 386 valence electrons. The molecule has 0 aliphatic heterocycles. The number of hydrogen-bond acceptors (Lipinski definition) is 3. The van der Waals surface area contributed by atoms with Gasteiger partial charge in [-0.15, -0.1) is 0 Å². The number of carbonyl (C=O) groups is 1. The van der Waals surface area contributed by atoms with E-state index in [1.54, 1.807) is 6.08 Å². The maximum atomic E-state index is 12.5. The Hall–Kier alpha value is -1.91. The van der Waals surface area contributed by atoms with Crippen LogP contribution in [0.1, 0.15) is 309 Å². The summed E-state index contributed by atoms with van der Waals surface area (Å²) in [4.78, 5) is 12.5. The first-order chi connectivity index (χ1) is 32.7. The lowest BCUT2D eigenvalue weighted by atomic mass is 10.0. The highest BCUT2D eigenvalue weighted by atomic mass is 16.3. The third-order valence-electron chi connectivity index (χ3n) is 13.5. The summed E-state index contributed by atoms with van der Waals surface area (Å²) in [6.45, 7) is 4.31. The summed E-state index contributed by atoms with van der Waals surface area (Å²) in [6.07, 6.45) is 81.1. The van der Waals surface area contributed by atoms with Gasteiger partial charge in [0.15, 0.2) is 0 Å². The average molecular weight is 923 g/mol. The minimum absolute atomic E-state index is 0.0785. The van der Waals surface area contributed by atoms with Crippen molar-refractivity contribution in [2.45, 2.75) is 321 Å². The van der Waals surface area contributed by atoms with Crippen LogP contribution >= 0.6 is 0 Å². The van der Waals surface area contributed by atoms with Gasteiger partial charge in [0, 0.05) is 6.42 Å². The van der Waals surface area contributed by atoms with Crippen LogP contribution in [0.25, 0.3) is 0 Å². The van der Waals surface area contributed by atoms with Gasteiger partial charge in [-0.05, 0) is 77.0 Å². The molecule has 0 saturated carbocycles. The second-order valence-electron chi connectivity index (χ2n) is 20.0. The van der Waals surface area contributed by atoms with Crippen molar-refractivity contribution in [3.05, 3.63) is 60.8 Å². The lowest BCUT2D eigenvalue weighted by Gasteiger charge is -2.19. The first-order valence-electron chi connectivity index (χ1n) is 29.5. The molecule has 4 nitrogen and oxygen atoms in total. The van der Waals surface area contributed by atoms with E-state index in [2.05, 4.69) is 67.8 Å². The lowest BCUT2D eigenvalue weighted by Crippen LogP contribution is -2.45. The molecule has 2 unspecified atom stereocenters. The van der Waals surface area contributed by atoms with Crippen molar-refractivity contribution in [1.82, 2.24) is 5.32 Å². The first kappa shape index (κ1) is 64.1. The molecule has 0 aliphatic carbocycles. The number of aliphatic hydroxyl groups excluding tert-OH is 2. The predicted molar refractivity (Wildman–Crippen MR) is 294 cm³/mol. The van der Waals surface area contributed by atoms with Gasteiger partial charge in [0.05, 0.1) is 18.8 Å². The van der Waals surface area contributed by atoms with Gasteiger partial charge in [-0.1, -0.05) is 286 Å². The Labute approximate surface area is 413 Å². The molecule has 1 amide bonds. The summed E-state index contributed by atoms with van der Waals surface area (Å²) >= 11 is 0. The third kappa shape index (κ3) is 53.1. The van der Waals surface area contributed by atoms with Crippen molar-refractivity contribution in [3.8, 4) is 0 Å². The van der Waals surface area contributed by atoms with Crippen LogP contribution in [0.3, 0.4) is 0 Å². The van der Waals surface area contributed by atoms with Crippen molar-refractivity contribution < 1.29 is 15.0 Å². The zero-order valence-corrected chi connectivity index (χ0v) is 44.5. The zero-order chi connectivity index (χ0) is 47.7. The monoisotopic (exact) mass is 922 g/mol. The maximum absolute atomic E-state index is 12.5. The highest BCUT2D eigenvalue weighted by molar-refractivity contribution is 5.76. The number of amides is 1. The van der Waals surface area contributed by atoms with Crippen molar-refractivity contribution >= 4 is 5.91 Å². The Morgan fingerprint density at radius 2 is 0.636 bits per heavy atom. The predicted octanol–water partition coefficient (Wildman–Crippen LogP) is 19.6. The standard InChI is InChI=1S/C62H115NO3/c1-3-5-7-9-11-13-15-17-19-21-23-25-27-28-29-30-31-32-33-34-36-37-39-41-43-45-47-49-51-53-55-57-61(65)60(59-64)63-62(66)58-56-54-52-50-48-46-44-42-40-38-35-26-24-22-20-18-16-14-12-10-8-6-4-2/h16,18,22,24,39,41,47,49,55,57,60-61,64-65H,3-15,17,19-21,23,25-38,40,42-46,48,50-54,56,58-59H2,1-2H3,(H,63,66)/b18-16-,24-22-,41-39+,49-47+,57-55+. The highest BCUT2D eigenvalue weighted by Crippen LogP contribution is 2.17. The summed E-state index contributed by atoms with van der Waals surface area (Å²) in [7, 11) is 0. The fourth-order valence-corrected chi connectivity index (χ4v) is 8.95. The summed E-state index contributed by atoms with van der Waals surface area (Å²) in [5.41, 5.74) is 0. The van der Waals surface area contributed by atoms with E-state index in [4.69, 9.17) is 0 Å². The number of aliphatic hydroxyl groups is 2. The van der Waals surface area contributed by atoms with Crippen molar-refractivity contribution in [3.63, 3.8) is 0 Å². The Morgan fingerprint density at radius 3 is 0.970 bits per heavy atom. The zero-order valence-electron chi connectivity index (χ0n) is 44.5. The van der Waals surface area contributed by atoms with E-state index in [-0.39, 0.29) is 12.5 Å². The van der Waals surface area contributed by atoms with E-state index >= 15 is 0 Å². The van der Waals surface area contributed by atoms with E-state index < -0.39 is 12.1 Å². The van der Waals surface area contributed by atoms with Gasteiger partial charge in [0.2, 0.25) is 5.91 Å².